The molecule has 2 aromatic carbocycles. The number of halogens is 3. The second kappa shape index (κ2) is 9.56. The molecule has 0 saturated carbocycles. The summed E-state index contributed by atoms with van der Waals surface area (Å²) < 4.78 is 42.2. The molecule has 1 aromatic heterocycles. The summed E-state index contributed by atoms with van der Waals surface area (Å²) in [5.74, 6) is 0. The molecule has 0 N–H and O–H groups in total. The van der Waals surface area contributed by atoms with Crippen molar-refractivity contribution in [3.05, 3.63) is 64.8 Å². The van der Waals surface area contributed by atoms with Gasteiger partial charge in [-0.05, 0) is 54.3 Å². The maximum Gasteiger partial charge on any atom is 0.416 e. The van der Waals surface area contributed by atoms with Gasteiger partial charge >= 0.3 is 6.18 Å². The number of alkyl halides is 3. The second-order valence-electron chi connectivity index (χ2n) is 9.70. The lowest BCUT2D eigenvalue weighted by Crippen LogP contribution is -2.45. The maximum atomic E-state index is 13.4. The highest BCUT2D eigenvalue weighted by Gasteiger charge is 2.32. The number of hydrogen-bond donors (Lipinski definition) is 0. The predicted octanol–water partition coefficient (Wildman–Crippen LogP) is 4.99. The molecular formula is C27H30F3N5. The third-order valence-corrected chi connectivity index (χ3v) is 7.31. The molecule has 3 heterocycles. The molecule has 2 aliphatic rings. The van der Waals surface area contributed by atoms with Gasteiger partial charge < -0.3 is 9.47 Å². The van der Waals surface area contributed by atoms with E-state index in [0.29, 0.717) is 12.1 Å². The van der Waals surface area contributed by atoms with Crippen LogP contribution in [0.1, 0.15) is 35.1 Å². The van der Waals surface area contributed by atoms with Gasteiger partial charge in [-0.15, -0.1) is 0 Å². The van der Waals surface area contributed by atoms with E-state index in [4.69, 9.17) is 0 Å². The highest BCUT2D eigenvalue weighted by atomic mass is 19.4. The SMILES string of the molecule is Cn1cc(CN2CCN(Cc3ccc(C(F)(F)F)cc3N3CCCC3)CC2)c2cc(C#N)ccc21. The molecule has 0 bridgehead atoms. The molecule has 0 radical (unpaired) electrons. The van der Waals surface area contributed by atoms with E-state index < -0.39 is 11.7 Å². The number of piperazine rings is 1. The molecule has 0 atom stereocenters. The Labute approximate surface area is 203 Å². The molecule has 3 aromatic rings. The van der Waals surface area contributed by atoms with Crippen LogP contribution in [0.25, 0.3) is 10.9 Å². The third kappa shape index (κ3) is 5.02. The third-order valence-electron chi connectivity index (χ3n) is 7.31. The number of aromatic nitrogens is 1. The lowest BCUT2D eigenvalue weighted by Gasteiger charge is -2.35. The summed E-state index contributed by atoms with van der Waals surface area (Å²) in [4.78, 5) is 6.87. The van der Waals surface area contributed by atoms with Crippen molar-refractivity contribution in [3.8, 4) is 6.07 Å². The van der Waals surface area contributed by atoms with Crippen LogP contribution < -0.4 is 4.90 Å². The fraction of sp³-hybridized carbons (Fsp3) is 0.444. The summed E-state index contributed by atoms with van der Waals surface area (Å²) in [7, 11) is 2.03. The van der Waals surface area contributed by atoms with E-state index in [0.717, 1.165) is 80.8 Å². The second-order valence-corrected chi connectivity index (χ2v) is 9.70. The van der Waals surface area contributed by atoms with Crippen LogP contribution in [-0.4, -0.2) is 53.6 Å². The summed E-state index contributed by atoms with van der Waals surface area (Å²) in [6.07, 6.45) is -0.131. The summed E-state index contributed by atoms with van der Waals surface area (Å²) in [5.41, 5.74) is 4.15. The standard InChI is InChI=1S/C27H30F3N5/c1-32-17-22(24-14-20(16-31)4-7-25(24)32)19-34-12-10-33(11-13-34)18-21-5-6-23(27(28,29)30)15-26(21)35-8-2-3-9-35/h4-7,14-15,17H,2-3,8-13,18-19H2,1H3. The van der Waals surface area contributed by atoms with Crippen LogP contribution in [0.3, 0.4) is 0 Å². The van der Waals surface area contributed by atoms with Crippen molar-refractivity contribution in [2.75, 3.05) is 44.2 Å². The number of benzene rings is 2. The number of nitrogens with zero attached hydrogens (tertiary/aromatic N) is 5. The average molecular weight is 482 g/mol. The van der Waals surface area contributed by atoms with Gasteiger partial charge in [0.25, 0.3) is 0 Å². The quantitative estimate of drug-likeness (QED) is 0.515. The minimum Gasteiger partial charge on any atom is -0.371 e. The van der Waals surface area contributed by atoms with Crippen molar-refractivity contribution in [1.82, 2.24) is 14.4 Å². The first-order chi connectivity index (χ1) is 16.8. The Bertz CT molecular complexity index is 1240. The van der Waals surface area contributed by atoms with Gasteiger partial charge in [0.1, 0.15) is 0 Å². The van der Waals surface area contributed by atoms with Crippen LogP contribution >= 0.6 is 0 Å². The molecule has 5 rings (SSSR count). The molecule has 8 heteroatoms. The van der Waals surface area contributed by atoms with E-state index in [-0.39, 0.29) is 0 Å². The van der Waals surface area contributed by atoms with Gasteiger partial charge in [-0.2, -0.15) is 18.4 Å². The first-order valence-electron chi connectivity index (χ1n) is 12.2. The zero-order valence-corrected chi connectivity index (χ0v) is 20.0. The van der Waals surface area contributed by atoms with E-state index in [9.17, 15) is 18.4 Å². The largest absolute Gasteiger partial charge is 0.416 e. The van der Waals surface area contributed by atoms with Gasteiger partial charge in [-0.25, -0.2) is 0 Å². The molecule has 0 spiro atoms. The maximum absolute atomic E-state index is 13.4. The Morgan fingerprint density at radius 1 is 0.857 bits per heavy atom. The van der Waals surface area contributed by atoms with Crippen molar-refractivity contribution < 1.29 is 13.2 Å². The zero-order valence-electron chi connectivity index (χ0n) is 20.0. The number of hydrogen-bond acceptors (Lipinski definition) is 4. The number of rotatable bonds is 5. The van der Waals surface area contributed by atoms with Crippen molar-refractivity contribution >= 4 is 16.6 Å². The molecule has 0 amide bonds. The summed E-state index contributed by atoms with van der Waals surface area (Å²) >= 11 is 0. The highest BCUT2D eigenvalue weighted by molar-refractivity contribution is 5.85. The molecule has 2 saturated heterocycles. The normalized spacial score (nSPS) is 17.9. The van der Waals surface area contributed by atoms with E-state index in [2.05, 4.69) is 31.5 Å². The molecule has 0 unspecified atom stereocenters. The van der Waals surface area contributed by atoms with Crippen LogP contribution in [0.4, 0.5) is 18.9 Å². The summed E-state index contributed by atoms with van der Waals surface area (Å²) in [5, 5.41) is 10.4. The Hall–Kier alpha value is -3.02. The first kappa shape index (κ1) is 23.7. The fourth-order valence-corrected chi connectivity index (χ4v) is 5.38. The number of fused-ring (bicyclic) bond motifs is 1. The van der Waals surface area contributed by atoms with E-state index in [1.807, 2.05) is 25.2 Å². The Morgan fingerprint density at radius 2 is 1.51 bits per heavy atom. The molecule has 35 heavy (non-hydrogen) atoms. The molecule has 184 valence electrons. The minimum atomic E-state index is -4.33. The average Bonchev–Trinajstić information content (AvgIpc) is 3.48. The van der Waals surface area contributed by atoms with Gasteiger partial charge in [0.15, 0.2) is 0 Å². The minimum absolute atomic E-state index is 0.567. The van der Waals surface area contributed by atoms with Gasteiger partial charge in [0, 0.05) is 82.2 Å². The lowest BCUT2D eigenvalue weighted by molar-refractivity contribution is -0.137. The number of aryl methyl sites for hydroxylation is 1. The first-order valence-corrected chi connectivity index (χ1v) is 12.2. The van der Waals surface area contributed by atoms with Crippen LogP contribution in [0.2, 0.25) is 0 Å². The summed E-state index contributed by atoms with van der Waals surface area (Å²) in [6.45, 7) is 6.66. The summed E-state index contributed by atoms with van der Waals surface area (Å²) in [6, 6.07) is 12.3. The predicted molar refractivity (Wildman–Crippen MR) is 131 cm³/mol. The number of anilines is 1. The molecule has 0 aliphatic carbocycles. The lowest BCUT2D eigenvalue weighted by atomic mass is 10.1. The Kier molecular flexibility index (Phi) is 6.47. The van der Waals surface area contributed by atoms with Crippen LogP contribution in [-0.2, 0) is 26.3 Å². The van der Waals surface area contributed by atoms with Crippen molar-refractivity contribution in [3.63, 3.8) is 0 Å². The highest BCUT2D eigenvalue weighted by Crippen LogP contribution is 2.35. The van der Waals surface area contributed by atoms with E-state index in [1.165, 1.54) is 17.7 Å². The smallest absolute Gasteiger partial charge is 0.371 e. The zero-order chi connectivity index (χ0) is 24.6. The number of nitriles is 1. The molecule has 2 fully saturated rings. The van der Waals surface area contributed by atoms with E-state index >= 15 is 0 Å². The van der Waals surface area contributed by atoms with Crippen molar-refractivity contribution in [2.45, 2.75) is 32.1 Å². The molecule has 2 aliphatic heterocycles. The van der Waals surface area contributed by atoms with Crippen LogP contribution in [0.5, 0.6) is 0 Å². The fourth-order valence-electron chi connectivity index (χ4n) is 5.38. The van der Waals surface area contributed by atoms with E-state index in [1.54, 1.807) is 6.07 Å². The molecule has 5 nitrogen and oxygen atoms in total. The Balaban J connectivity index is 1.26. The monoisotopic (exact) mass is 481 g/mol. The van der Waals surface area contributed by atoms with Gasteiger partial charge in [0.05, 0.1) is 17.2 Å². The Morgan fingerprint density at radius 3 is 2.14 bits per heavy atom. The van der Waals surface area contributed by atoms with Gasteiger partial charge in [-0.1, -0.05) is 6.07 Å². The van der Waals surface area contributed by atoms with Crippen LogP contribution in [0, 0.1) is 11.3 Å². The van der Waals surface area contributed by atoms with Crippen molar-refractivity contribution in [2.24, 2.45) is 7.05 Å². The topological polar surface area (TPSA) is 38.4 Å². The van der Waals surface area contributed by atoms with Gasteiger partial charge in [-0.3, -0.25) is 9.80 Å². The van der Waals surface area contributed by atoms with Gasteiger partial charge in [0.2, 0.25) is 0 Å². The molecular weight excluding hydrogens is 451 g/mol. The van der Waals surface area contributed by atoms with Crippen LogP contribution in [0.15, 0.2) is 42.6 Å². The van der Waals surface area contributed by atoms with Crippen molar-refractivity contribution in [1.29, 1.82) is 5.26 Å².